The zero-order chi connectivity index (χ0) is 23.8. The fourth-order valence-electron chi connectivity index (χ4n) is 3.99. The van der Waals surface area contributed by atoms with Gasteiger partial charge in [0.2, 0.25) is 11.8 Å². The second-order valence-electron chi connectivity index (χ2n) is 9.11. The fraction of sp³-hybridized carbons (Fsp3) is 0.458. The van der Waals surface area contributed by atoms with Gasteiger partial charge in [-0.3, -0.25) is 19.4 Å². The maximum Gasteiger partial charge on any atom is 0.268 e. The van der Waals surface area contributed by atoms with Gasteiger partial charge in [-0.1, -0.05) is 0 Å². The van der Waals surface area contributed by atoms with Crippen LogP contribution in [0.2, 0.25) is 0 Å². The summed E-state index contributed by atoms with van der Waals surface area (Å²) in [6.07, 6.45) is 5.45. The van der Waals surface area contributed by atoms with E-state index in [1.165, 1.54) is 22.6 Å². The topological polar surface area (TPSA) is 105 Å². The predicted molar refractivity (Wildman–Crippen MR) is 122 cm³/mol. The summed E-state index contributed by atoms with van der Waals surface area (Å²) < 4.78 is 11.5. The van der Waals surface area contributed by atoms with E-state index in [9.17, 15) is 14.4 Å². The molecular weight excluding hydrogens is 438 g/mol. The van der Waals surface area contributed by atoms with Gasteiger partial charge in [-0.05, 0) is 30.9 Å². The molecule has 3 aliphatic rings. The average Bonchev–Trinajstić information content (AvgIpc) is 3.53. The third kappa shape index (κ3) is 4.52. The van der Waals surface area contributed by atoms with Crippen molar-refractivity contribution < 1.29 is 23.9 Å². The summed E-state index contributed by atoms with van der Waals surface area (Å²) in [5.74, 6) is 1.09. The van der Waals surface area contributed by atoms with Crippen molar-refractivity contribution in [1.82, 2.24) is 19.8 Å². The molecule has 0 aromatic carbocycles. The van der Waals surface area contributed by atoms with Crippen LogP contribution < -0.4 is 14.4 Å². The molecule has 0 spiro atoms. The predicted octanol–water partition coefficient (Wildman–Crippen LogP) is 1.49. The van der Waals surface area contributed by atoms with Gasteiger partial charge in [-0.15, -0.1) is 0 Å². The molecule has 1 atom stereocenters. The van der Waals surface area contributed by atoms with E-state index in [2.05, 4.69) is 9.97 Å². The molecule has 34 heavy (non-hydrogen) atoms. The molecule has 10 heteroatoms. The summed E-state index contributed by atoms with van der Waals surface area (Å²) in [5, 5.41) is 0. The second-order valence-corrected chi connectivity index (χ2v) is 9.11. The van der Waals surface area contributed by atoms with Crippen LogP contribution in [0.5, 0.6) is 11.6 Å². The van der Waals surface area contributed by atoms with Crippen molar-refractivity contribution in [3.8, 4) is 11.6 Å². The number of anilines is 1. The summed E-state index contributed by atoms with van der Waals surface area (Å²) in [6, 6.07) is 5.18. The van der Waals surface area contributed by atoms with Crippen molar-refractivity contribution in [2.75, 3.05) is 38.7 Å². The van der Waals surface area contributed by atoms with Crippen LogP contribution in [-0.4, -0.2) is 77.4 Å². The minimum atomic E-state index is -0.641. The fourth-order valence-corrected chi connectivity index (χ4v) is 3.99. The molecule has 4 heterocycles. The van der Waals surface area contributed by atoms with E-state index >= 15 is 0 Å². The van der Waals surface area contributed by atoms with E-state index in [0.717, 1.165) is 0 Å². The van der Waals surface area contributed by atoms with Gasteiger partial charge in [0.1, 0.15) is 12.3 Å². The number of aromatic nitrogens is 2. The lowest BCUT2D eigenvalue weighted by Crippen LogP contribution is -2.36. The molecule has 1 saturated carbocycles. The maximum atomic E-state index is 13.0. The van der Waals surface area contributed by atoms with Crippen LogP contribution in [0.15, 0.2) is 30.6 Å². The van der Waals surface area contributed by atoms with Gasteiger partial charge in [0.15, 0.2) is 6.10 Å². The first-order valence-electron chi connectivity index (χ1n) is 11.4. The SMILES string of the molecule is CN(C)C(=O)CN1Cc2ncc(N3CC[C@@H](Oc4ccc(OCC5CC5)nc4)C3=O)cc2C1=O. The number of hydrogen-bond donors (Lipinski definition) is 0. The number of fused-ring (bicyclic) bond motifs is 1. The smallest absolute Gasteiger partial charge is 0.268 e. The third-order valence-electron chi connectivity index (χ3n) is 6.26. The summed E-state index contributed by atoms with van der Waals surface area (Å²) in [7, 11) is 3.30. The average molecular weight is 466 g/mol. The van der Waals surface area contributed by atoms with Crippen LogP contribution in [-0.2, 0) is 16.1 Å². The summed E-state index contributed by atoms with van der Waals surface area (Å²) in [4.78, 5) is 51.0. The highest BCUT2D eigenvalue weighted by atomic mass is 16.5. The molecule has 1 aliphatic carbocycles. The Balaban J connectivity index is 1.21. The largest absolute Gasteiger partial charge is 0.479 e. The zero-order valence-electron chi connectivity index (χ0n) is 19.3. The number of ether oxygens (including phenoxy) is 2. The van der Waals surface area contributed by atoms with Gasteiger partial charge in [0, 0.05) is 33.1 Å². The molecule has 0 unspecified atom stereocenters. The Morgan fingerprint density at radius 3 is 2.68 bits per heavy atom. The minimum Gasteiger partial charge on any atom is -0.479 e. The van der Waals surface area contributed by atoms with E-state index in [-0.39, 0.29) is 30.8 Å². The molecule has 5 rings (SSSR count). The summed E-state index contributed by atoms with van der Waals surface area (Å²) in [5.41, 5.74) is 1.58. The van der Waals surface area contributed by atoms with Crippen LogP contribution in [0.1, 0.15) is 35.3 Å². The summed E-state index contributed by atoms with van der Waals surface area (Å²) in [6.45, 7) is 1.41. The first-order chi connectivity index (χ1) is 16.4. The van der Waals surface area contributed by atoms with E-state index < -0.39 is 6.10 Å². The van der Waals surface area contributed by atoms with E-state index in [4.69, 9.17) is 9.47 Å². The third-order valence-corrected chi connectivity index (χ3v) is 6.26. The second kappa shape index (κ2) is 8.92. The number of hydrogen-bond acceptors (Lipinski definition) is 7. The maximum absolute atomic E-state index is 13.0. The lowest BCUT2D eigenvalue weighted by molar-refractivity contribution is -0.129. The number of nitrogens with zero attached hydrogens (tertiary/aromatic N) is 5. The van der Waals surface area contributed by atoms with Gasteiger partial charge in [-0.25, -0.2) is 4.98 Å². The highest BCUT2D eigenvalue weighted by molar-refractivity contribution is 6.03. The Bertz CT molecular complexity index is 1120. The molecule has 178 valence electrons. The Morgan fingerprint density at radius 1 is 1.15 bits per heavy atom. The molecule has 10 nitrogen and oxygen atoms in total. The Labute approximate surface area is 197 Å². The zero-order valence-corrected chi connectivity index (χ0v) is 19.3. The van der Waals surface area contributed by atoms with Gasteiger partial charge in [0.05, 0.1) is 42.5 Å². The highest BCUT2D eigenvalue weighted by Crippen LogP contribution is 2.31. The van der Waals surface area contributed by atoms with Gasteiger partial charge >= 0.3 is 0 Å². The van der Waals surface area contributed by atoms with Crippen LogP contribution in [0.4, 0.5) is 5.69 Å². The lowest BCUT2D eigenvalue weighted by atomic mass is 10.2. The number of likely N-dealkylation sites (N-methyl/N-ethyl adjacent to an activating group) is 1. The number of carbonyl (C=O) groups excluding carboxylic acids is 3. The molecule has 2 fully saturated rings. The number of amides is 3. The molecule has 1 saturated heterocycles. The van der Waals surface area contributed by atoms with Crippen LogP contribution >= 0.6 is 0 Å². The van der Waals surface area contributed by atoms with E-state index in [1.807, 2.05) is 0 Å². The van der Waals surface area contributed by atoms with E-state index in [0.29, 0.717) is 54.1 Å². The van der Waals surface area contributed by atoms with Gasteiger partial charge < -0.3 is 24.2 Å². The van der Waals surface area contributed by atoms with Crippen molar-refractivity contribution in [3.05, 3.63) is 41.9 Å². The van der Waals surface area contributed by atoms with Crippen molar-refractivity contribution in [2.45, 2.75) is 31.9 Å². The van der Waals surface area contributed by atoms with Crippen molar-refractivity contribution in [1.29, 1.82) is 0 Å². The molecule has 0 bridgehead atoms. The normalized spacial score (nSPS) is 19.4. The number of rotatable bonds is 8. The molecular formula is C24H27N5O5. The van der Waals surface area contributed by atoms with Crippen LogP contribution in [0.25, 0.3) is 0 Å². The van der Waals surface area contributed by atoms with Gasteiger partial charge in [0.25, 0.3) is 11.8 Å². The highest BCUT2D eigenvalue weighted by Gasteiger charge is 2.37. The lowest BCUT2D eigenvalue weighted by Gasteiger charge is -2.18. The van der Waals surface area contributed by atoms with Crippen LogP contribution in [0.3, 0.4) is 0 Å². The molecule has 2 aromatic rings. The molecule has 0 N–H and O–H groups in total. The minimum absolute atomic E-state index is 0.00542. The number of carbonyl (C=O) groups is 3. The molecule has 3 amide bonds. The Morgan fingerprint density at radius 2 is 1.97 bits per heavy atom. The first-order valence-corrected chi connectivity index (χ1v) is 11.4. The molecule has 0 radical (unpaired) electrons. The Kier molecular flexibility index (Phi) is 5.80. The van der Waals surface area contributed by atoms with Gasteiger partial charge in [-0.2, -0.15) is 0 Å². The monoisotopic (exact) mass is 465 g/mol. The molecule has 2 aromatic heterocycles. The van der Waals surface area contributed by atoms with Crippen molar-refractivity contribution in [3.63, 3.8) is 0 Å². The van der Waals surface area contributed by atoms with Crippen molar-refractivity contribution in [2.24, 2.45) is 5.92 Å². The van der Waals surface area contributed by atoms with Crippen molar-refractivity contribution >= 4 is 23.4 Å². The standard InChI is InChI=1S/C24H27N5O5/c1-27(2)22(30)13-28-12-19-18(23(28)31)9-16(10-25-19)29-8-7-20(24(29)32)34-17-5-6-21(26-11-17)33-14-15-3-4-15/h5-6,9-11,15,20H,3-4,7-8,12-14H2,1-2H3/t20-/m1/s1. The Hall–Kier alpha value is -3.69. The number of pyridine rings is 2. The van der Waals surface area contributed by atoms with Crippen LogP contribution in [0, 0.1) is 5.92 Å². The quantitative estimate of drug-likeness (QED) is 0.582. The molecule has 2 aliphatic heterocycles. The van der Waals surface area contributed by atoms with E-state index in [1.54, 1.807) is 49.6 Å². The summed E-state index contributed by atoms with van der Waals surface area (Å²) >= 11 is 0. The first kappa shape index (κ1) is 22.1.